The van der Waals surface area contributed by atoms with E-state index in [4.69, 9.17) is 4.74 Å². The summed E-state index contributed by atoms with van der Waals surface area (Å²) in [6.45, 7) is 22.0. The van der Waals surface area contributed by atoms with E-state index in [0.29, 0.717) is 53.3 Å². The molecule has 0 amide bonds. The molecule has 1 aromatic rings. The van der Waals surface area contributed by atoms with Crippen molar-refractivity contribution in [2.45, 2.75) is 125 Å². The van der Waals surface area contributed by atoms with E-state index in [9.17, 15) is 13.2 Å². The Morgan fingerprint density at radius 2 is 1.48 bits per heavy atom. The Morgan fingerprint density at radius 1 is 0.827 bits per heavy atom. The molecule has 1 saturated heterocycles. The van der Waals surface area contributed by atoms with Crippen molar-refractivity contribution in [1.82, 2.24) is 10.2 Å². The van der Waals surface area contributed by atoms with Crippen LogP contribution >= 0.6 is 0 Å². The Bertz CT molecular complexity index is 1720. The molecule has 1 heterocycles. The van der Waals surface area contributed by atoms with Crippen LogP contribution in [-0.2, 0) is 14.6 Å². The number of nitrogens with zero attached hydrogens (tertiary/aromatic N) is 1. The number of sulfone groups is 1. The Kier molecular flexibility index (Phi) is 8.70. The van der Waals surface area contributed by atoms with Crippen LogP contribution in [-0.4, -0.2) is 69.6 Å². The van der Waals surface area contributed by atoms with Gasteiger partial charge in [0.2, 0.25) is 0 Å². The van der Waals surface area contributed by atoms with E-state index in [2.05, 4.69) is 76.9 Å². The molecule has 6 fully saturated rings. The van der Waals surface area contributed by atoms with Gasteiger partial charge in [0.15, 0.2) is 9.84 Å². The lowest BCUT2D eigenvalue weighted by atomic mass is 9.29. The zero-order valence-electron chi connectivity index (χ0n) is 33.7. The lowest BCUT2D eigenvalue weighted by Gasteiger charge is -2.76. The number of fused-ring (bicyclic) bond motifs is 7. The average Bonchev–Trinajstić information content (AvgIpc) is 3.72. The molecule has 0 bridgehead atoms. The van der Waals surface area contributed by atoms with E-state index in [1.165, 1.54) is 82.5 Å². The Hall–Kier alpha value is -1.70. The van der Waals surface area contributed by atoms with Crippen LogP contribution < -0.4 is 5.32 Å². The minimum atomic E-state index is -2.86. The number of carbonyl (C=O) groups is 1. The van der Waals surface area contributed by atoms with Crippen LogP contribution in [0.2, 0.25) is 0 Å². The molecule has 0 aromatic heterocycles. The third-order valence-corrected chi connectivity index (χ3v) is 20.3. The third-order valence-electron chi connectivity index (χ3n) is 18.6. The first-order chi connectivity index (χ1) is 24.4. The fraction of sp³-hybridized carbons (Fsp3) is 0.800. The second kappa shape index (κ2) is 12.1. The molecule has 7 aliphatic rings. The van der Waals surface area contributed by atoms with E-state index < -0.39 is 9.84 Å². The number of esters is 1. The van der Waals surface area contributed by atoms with Crippen LogP contribution in [0.25, 0.3) is 5.57 Å². The lowest BCUT2D eigenvalue weighted by molar-refractivity contribution is -0.259. The van der Waals surface area contributed by atoms with Gasteiger partial charge in [-0.05, 0) is 150 Å². The molecule has 0 unspecified atom stereocenters. The highest BCUT2D eigenvalue weighted by molar-refractivity contribution is 7.91. The second-order valence-corrected chi connectivity index (χ2v) is 23.1. The summed E-state index contributed by atoms with van der Waals surface area (Å²) in [5, 5.41) is 4.33. The zero-order chi connectivity index (χ0) is 37.2. The third kappa shape index (κ3) is 5.26. The normalized spacial score (nSPS) is 44.3. The largest absolute Gasteiger partial charge is 0.465 e. The Morgan fingerprint density at radius 3 is 2.13 bits per heavy atom. The summed E-state index contributed by atoms with van der Waals surface area (Å²) in [7, 11) is -1.41. The predicted octanol–water partition coefficient (Wildman–Crippen LogP) is 8.81. The van der Waals surface area contributed by atoms with Gasteiger partial charge >= 0.3 is 5.97 Å². The van der Waals surface area contributed by atoms with Crippen molar-refractivity contribution < 1.29 is 17.9 Å². The van der Waals surface area contributed by atoms with Crippen molar-refractivity contribution in [3.05, 3.63) is 41.5 Å². The molecule has 8 rings (SSSR count). The standard InChI is InChI=1S/C45H68N2O4S/c1-39(2)33(31-9-11-32(12-10-31)38(48)51-8)13-17-41(4)35(39)15-18-42(5)36(41)16-19-43(6)37-34(40(3)21-22-40)14-20-45(37,24-23-44(42,43)7)46-25-26-47-27-29-52(49,50)30-28-47/h9-13,34-37,46H,14-30H2,1-8H3/t34-,35+,36-,37-,41+,42-,43-,44+,45+/m1/s1. The van der Waals surface area contributed by atoms with E-state index in [0.717, 1.165) is 25.4 Å². The van der Waals surface area contributed by atoms with Crippen LogP contribution in [0, 0.1) is 56.2 Å². The molecular formula is C45H68N2O4S. The number of nitrogens with one attached hydrogen (secondary N) is 1. The Labute approximate surface area is 315 Å². The van der Waals surface area contributed by atoms with Crippen LogP contribution in [0.1, 0.15) is 135 Å². The highest BCUT2D eigenvalue weighted by atomic mass is 32.2. The summed E-state index contributed by atoms with van der Waals surface area (Å²) in [6.07, 6.45) is 17.1. The molecule has 288 valence electrons. The maximum absolute atomic E-state index is 12.2. The van der Waals surface area contributed by atoms with E-state index in [-0.39, 0.29) is 38.6 Å². The number of benzene rings is 1. The van der Waals surface area contributed by atoms with Crippen molar-refractivity contribution >= 4 is 21.4 Å². The minimum Gasteiger partial charge on any atom is -0.465 e. The van der Waals surface area contributed by atoms with Crippen molar-refractivity contribution in [2.75, 3.05) is 44.8 Å². The fourth-order valence-corrected chi connectivity index (χ4v) is 16.6. The van der Waals surface area contributed by atoms with Gasteiger partial charge in [-0.15, -0.1) is 0 Å². The summed E-state index contributed by atoms with van der Waals surface area (Å²) in [4.78, 5) is 14.6. The van der Waals surface area contributed by atoms with Crippen molar-refractivity contribution in [1.29, 1.82) is 0 Å². The van der Waals surface area contributed by atoms with Gasteiger partial charge in [-0.25, -0.2) is 13.2 Å². The molecule has 1 aromatic carbocycles. The average molecular weight is 733 g/mol. The molecule has 6 aliphatic carbocycles. The number of methoxy groups -OCH3 is 1. The smallest absolute Gasteiger partial charge is 0.337 e. The van der Waals surface area contributed by atoms with Crippen molar-refractivity contribution in [2.24, 2.45) is 56.2 Å². The van der Waals surface area contributed by atoms with Gasteiger partial charge in [0.05, 0.1) is 24.2 Å². The van der Waals surface area contributed by atoms with Gasteiger partial charge in [-0.1, -0.05) is 66.7 Å². The summed E-state index contributed by atoms with van der Waals surface area (Å²) in [5.74, 6) is 3.15. The van der Waals surface area contributed by atoms with Crippen LogP contribution in [0.5, 0.6) is 0 Å². The van der Waals surface area contributed by atoms with Crippen molar-refractivity contribution in [3.8, 4) is 0 Å². The SMILES string of the molecule is COC(=O)c1ccc(C2=CC[C@]3(C)[C@H]4CC[C@]5(C)[C@H]6[C@H](C7(C)CC7)CC[C@]6(NCCN6CCS(=O)(=O)CC6)CC[C@@]5(C)[C@]4(C)CC[C@H]3C2(C)C)cc1. The molecule has 1 N–H and O–H groups in total. The van der Waals surface area contributed by atoms with E-state index in [1.54, 1.807) is 0 Å². The van der Waals surface area contributed by atoms with E-state index in [1.807, 2.05) is 12.1 Å². The fourth-order valence-electron chi connectivity index (χ4n) is 15.3. The molecule has 1 aliphatic heterocycles. The van der Waals surface area contributed by atoms with Crippen molar-refractivity contribution in [3.63, 3.8) is 0 Å². The number of hydrogen-bond acceptors (Lipinski definition) is 6. The highest BCUT2D eigenvalue weighted by Crippen LogP contribution is 2.81. The predicted molar refractivity (Wildman–Crippen MR) is 211 cm³/mol. The molecule has 6 nitrogen and oxygen atoms in total. The second-order valence-electron chi connectivity index (χ2n) is 20.8. The molecule has 52 heavy (non-hydrogen) atoms. The lowest BCUT2D eigenvalue weighted by Crippen LogP contribution is -2.72. The number of carbonyl (C=O) groups excluding carboxylic acids is 1. The van der Waals surface area contributed by atoms with Crippen LogP contribution in [0.3, 0.4) is 0 Å². The van der Waals surface area contributed by atoms with E-state index >= 15 is 0 Å². The maximum Gasteiger partial charge on any atom is 0.337 e. The molecule has 0 spiro atoms. The molecule has 7 heteroatoms. The summed E-state index contributed by atoms with van der Waals surface area (Å²) in [5.41, 5.74) is 5.16. The van der Waals surface area contributed by atoms with Crippen LogP contribution in [0.4, 0.5) is 0 Å². The first kappa shape index (κ1) is 37.2. The molecule has 5 saturated carbocycles. The summed E-state index contributed by atoms with van der Waals surface area (Å²) in [6, 6.07) is 8.15. The zero-order valence-corrected chi connectivity index (χ0v) is 34.5. The topological polar surface area (TPSA) is 75.7 Å². The number of ether oxygens (including phenoxy) is 1. The number of allylic oxidation sites excluding steroid dienone is 2. The molecule has 0 radical (unpaired) electrons. The highest BCUT2D eigenvalue weighted by Gasteiger charge is 2.75. The van der Waals surface area contributed by atoms with Crippen LogP contribution in [0.15, 0.2) is 30.3 Å². The molecule has 9 atom stereocenters. The summed E-state index contributed by atoms with van der Waals surface area (Å²) < 4.78 is 29.2. The summed E-state index contributed by atoms with van der Waals surface area (Å²) >= 11 is 0. The van der Waals surface area contributed by atoms with Gasteiger partial charge in [0, 0.05) is 31.7 Å². The quantitative estimate of drug-likeness (QED) is 0.283. The number of rotatable bonds is 7. The monoisotopic (exact) mass is 732 g/mol. The first-order valence-electron chi connectivity index (χ1n) is 21.0. The minimum absolute atomic E-state index is 0.0457. The van der Waals surface area contributed by atoms with Gasteiger partial charge in [0.1, 0.15) is 0 Å². The maximum atomic E-state index is 12.2. The first-order valence-corrected chi connectivity index (χ1v) is 22.8. The number of hydrogen-bond donors (Lipinski definition) is 1. The molecular weight excluding hydrogens is 665 g/mol. The van der Waals surface area contributed by atoms with Gasteiger partial charge in [-0.3, -0.25) is 0 Å². The van der Waals surface area contributed by atoms with Gasteiger partial charge in [0.25, 0.3) is 0 Å². The van der Waals surface area contributed by atoms with Gasteiger partial charge < -0.3 is 15.0 Å². The van der Waals surface area contributed by atoms with Gasteiger partial charge in [-0.2, -0.15) is 0 Å². The Balaban J connectivity index is 1.08.